The van der Waals surface area contributed by atoms with Crippen LogP contribution in [0.25, 0.3) is 0 Å². The van der Waals surface area contributed by atoms with Gasteiger partial charge in [0.2, 0.25) is 11.8 Å². The van der Waals surface area contributed by atoms with E-state index < -0.39 is 6.04 Å². The van der Waals surface area contributed by atoms with E-state index in [0.717, 1.165) is 11.3 Å². The van der Waals surface area contributed by atoms with Crippen LogP contribution in [-0.4, -0.2) is 42.2 Å². The zero-order valence-electron chi connectivity index (χ0n) is 12.5. The van der Waals surface area contributed by atoms with Gasteiger partial charge in [-0.2, -0.15) is 0 Å². The van der Waals surface area contributed by atoms with E-state index in [9.17, 15) is 9.59 Å². The number of hydrogen-bond acceptors (Lipinski definition) is 4. The van der Waals surface area contributed by atoms with E-state index in [1.807, 2.05) is 31.2 Å². The van der Waals surface area contributed by atoms with Gasteiger partial charge in [0.25, 0.3) is 0 Å². The van der Waals surface area contributed by atoms with Crippen molar-refractivity contribution in [1.82, 2.24) is 10.2 Å². The molecule has 114 valence electrons. The molecule has 0 spiro atoms. The average molecular weight is 308 g/mol. The number of hydrogen-bond donors (Lipinski definition) is 1. The maximum Gasteiger partial charge on any atom is 0.242 e. The number of carbonyl (C=O) groups is 2. The summed E-state index contributed by atoms with van der Waals surface area (Å²) in [5.74, 6) is 1.06. The second kappa shape index (κ2) is 6.85. The highest BCUT2D eigenvalue weighted by molar-refractivity contribution is 8.00. The summed E-state index contributed by atoms with van der Waals surface area (Å²) >= 11 is 1.54. The lowest BCUT2D eigenvalue weighted by Gasteiger charge is -2.29. The molecule has 0 radical (unpaired) electrons. The van der Waals surface area contributed by atoms with Gasteiger partial charge in [-0.15, -0.1) is 11.8 Å². The van der Waals surface area contributed by atoms with E-state index in [4.69, 9.17) is 4.74 Å². The third-order valence-electron chi connectivity index (χ3n) is 3.45. The number of ether oxygens (including phenoxy) is 1. The number of rotatable bonds is 5. The van der Waals surface area contributed by atoms with Crippen molar-refractivity contribution in [2.75, 3.05) is 19.4 Å². The quantitative estimate of drug-likeness (QED) is 0.901. The van der Waals surface area contributed by atoms with Crippen LogP contribution in [0.15, 0.2) is 24.3 Å². The summed E-state index contributed by atoms with van der Waals surface area (Å²) in [5.41, 5.74) is 1.00. The SMILES string of the molecule is CCNC(=O)[C@H](C)N1C(=O)CS[C@@H]1c1ccc(OC)cc1. The summed E-state index contributed by atoms with van der Waals surface area (Å²) in [6.45, 7) is 4.20. The van der Waals surface area contributed by atoms with Crippen molar-refractivity contribution in [3.8, 4) is 5.75 Å². The summed E-state index contributed by atoms with van der Waals surface area (Å²) < 4.78 is 5.15. The molecule has 0 saturated carbocycles. The normalized spacial score (nSPS) is 19.5. The number of thioether (sulfide) groups is 1. The van der Waals surface area contributed by atoms with Crippen molar-refractivity contribution in [3.63, 3.8) is 0 Å². The largest absolute Gasteiger partial charge is 0.497 e. The number of amides is 2. The van der Waals surface area contributed by atoms with E-state index in [-0.39, 0.29) is 17.2 Å². The predicted molar refractivity (Wildman–Crippen MR) is 83.2 cm³/mol. The van der Waals surface area contributed by atoms with E-state index >= 15 is 0 Å². The first-order chi connectivity index (χ1) is 10.1. The van der Waals surface area contributed by atoms with E-state index in [0.29, 0.717) is 12.3 Å². The van der Waals surface area contributed by atoms with E-state index in [2.05, 4.69) is 5.32 Å². The van der Waals surface area contributed by atoms with Crippen LogP contribution in [-0.2, 0) is 9.59 Å². The van der Waals surface area contributed by atoms with Crippen molar-refractivity contribution in [2.24, 2.45) is 0 Å². The summed E-state index contributed by atoms with van der Waals surface area (Å²) in [7, 11) is 1.62. The average Bonchev–Trinajstić information content (AvgIpc) is 2.88. The second-order valence-corrected chi connectivity index (χ2v) is 5.88. The highest BCUT2D eigenvalue weighted by Gasteiger charge is 2.38. The molecule has 1 N–H and O–H groups in total. The molecule has 2 atom stereocenters. The molecular formula is C15H20N2O3S. The Morgan fingerprint density at radius 2 is 2.14 bits per heavy atom. The standard InChI is InChI=1S/C15H20N2O3S/c1-4-16-14(19)10(2)17-13(18)9-21-15(17)11-5-7-12(20-3)8-6-11/h5-8,10,15H,4,9H2,1-3H3,(H,16,19)/t10-,15+/m0/s1. The van der Waals surface area contributed by atoms with Gasteiger partial charge in [-0.25, -0.2) is 0 Å². The molecule has 1 aliphatic rings. The zero-order chi connectivity index (χ0) is 15.4. The van der Waals surface area contributed by atoms with Crippen molar-refractivity contribution < 1.29 is 14.3 Å². The molecule has 6 heteroatoms. The van der Waals surface area contributed by atoms with E-state index in [1.54, 1.807) is 30.7 Å². The number of nitrogens with zero attached hydrogens (tertiary/aromatic N) is 1. The summed E-state index contributed by atoms with van der Waals surface area (Å²) in [4.78, 5) is 25.8. The molecule has 0 aliphatic carbocycles. The van der Waals surface area contributed by atoms with Gasteiger partial charge in [-0.05, 0) is 31.5 Å². The molecular weight excluding hydrogens is 288 g/mol. The first kappa shape index (κ1) is 15.7. The monoisotopic (exact) mass is 308 g/mol. The van der Waals surface area contributed by atoms with Gasteiger partial charge in [0.1, 0.15) is 17.2 Å². The van der Waals surface area contributed by atoms with Crippen molar-refractivity contribution in [3.05, 3.63) is 29.8 Å². The van der Waals surface area contributed by atoms with Gasteiger partial charge in [0, 0.05) is 6.54 Å². The summed E-state index contributed by atoms with van der Waals surface area (Å²) in [5, 5.41) is 2.65. The highest BCUT2D eigenvalue weighted by Crippen LogP contribution is 2.40. The maximum atomic E-state index is 12.1. The fraction of sp³-hybridized carbons (Fsp3) is 0.467. The zero-order valence-corrected chi connectivity index (χ0v) is 13.3. The third-order valence-corrected chi connectivity index (χ3v) is 4.68. The van der Waals surface area contributed by atoms with Crippen LogP contribution in [0.3, 0.4) is 0 Å². The van der Waals surface area contributed by atoms with Crippen molar-refractivity contribution in [2.45, 2.75) is 25.3 Å². The Kier molecular flexibility index (Phi) is 5.12. The van der Waals surface area contributed by atoms with Crippen LogP contribution in [0.1, 0.15) is 24.8 Å². The van der Waals surface area contributed by atoms with Gasteiger partial charge in [0.15, 0.2) is 0 Å². The van der Waals surface area contributed by atoms with Gasteiger partial charge in [0.05, 0.1) is 12.9 Å². The molecule has 0 unspecified atom stereocenters. The first-order valence-corrected chi connectivity index (χ1v) is 7.97. The summed E-state index contributed by atoms with van der Waals surface area (Å²) in [6, 6.07) is 7.14. The van der Waals surface area contributed by atoms with Crippen LogP contribution >= 0.6 is 11.8 Å². The third kappa shape index (κ3) is 3.32. The molecule has 0 aromatic heterocycles. The number of methoxy groups -OCH3 is 1. The molecule has 2 amide bonds. The Labute approximate surface area is 129 Å². The Morgan fingerprint density at radius 1 is 1.48 bits per heavy atom. The van der Waals surface area contributed by atoms with Crippen LogP contribution in [0.5, 0.6) is 5.75 Å². The van der Waals surface area contributed by atoms with Gasteiger partial charge in [-0.1, -0.05) is 12.1 Å². The minimum absolute atomic E-state index is 0.000397. The number of benzene rings is 1. The fourth-order valence-corrected chi connectivity index (χ4v) is 3.59. The lowest BCUT2D eigenvalue weighted by Crippen LogP contribution is -2.46. The number of nitrogens with one attached hydrogen (secondary N) is 1. The molecule has 1 saturated heterocycles. The number of carbonyl (C=O) groups excluding carboxylic acids is 2. The van der Waals surface area contributed by atoms with Crippen molar-refractivity contribution >= 4 is 23.6 Å². The molecule has 1 aromatic carbocycles. The van der Waals surface area contributed by atoms with Crippen LogP contribution in [0.4, 0.5) is 0 Å². The minimum atomic E-state index is -0.473. The minimum Gasteiger partial charge on any atom is -0.497 e. The molecule has 1 heterocycles. The topological polar surface area (TPSA) is 58.6 Å². The molecule has 1 aliphatic heterocycles. The fourth-order valence-electron chi connectivity index (χ4n) is 2.33. The molecule has 0 bridgehead atoms. The summed E-state index contributed by atoms with van der Waals surface area (Å²) in [6.07, 6.45) is 0. The molecule has 21 heavy (non-hydrogen) atoms. The smallest absolute Gasteiger partial charge is 0.242 e. The Hall–Kier alpha value is -1.69. The Morgan fingerprint density at radius 3 is 2.71 bits per heavy atom. The van der Waals surface area contributed by atoms with Gasteiger partial charge < -0.3 is 15.0 Å². The molecule has 2 rings (SSSR count). The van der Waals surface area contributed by atoms with Gasteiger partial charge >= 0.3 is 0 Å². The Balaban J connectivity index is 2.21. The highest BCUT2D eigenvalue weighted by atomic mass is 32.2. The lowest BCUT2D eigenvalue weighted by molar-refractivity contribution is -0.137. The predicted octanol–water partition coefficient (Wildman–Crippen LogP) is 1.79. The van der Waals surface area contributed by atoms with Crippen LogP contribution in [0, 0.1) is 0 Å². The first-order valence-electron chi connectivity index (χ1n) is 6.93. The van der Waals surface area contributed by atoms with Crippen molar-refractivity contribution in [1.29, 1.82) is 0 Å². The maximum absolute atomic E-state index is 12.1. The second-order valence-electron chi connectivity index (χ2n) is 4.81. The molecule has 1 fully saturated rings. The Bertz CT molecular complexity index is 518. The lowest BCUT2D eigenvalue weighted by atomic mass is 10.1. The van der Waals surface area contributed by atoms with Gasteiger partial charge in [-0.3, -0.25) is 9.59 Å². The molecule has 1 aromatic rings. The number of likely N-dealkylation sites (N-methyl/N-ethyl adjacent to an activating group) is 1. The molecule has 5 nitrogen and oxygen atoms in total. The van der Waals surface area contributed by atoms with E-state index in [1.165, 1.54) is 0 Å². The van der Waals surface area contributed by atoms with Crippen LogP contribution in [0.2, 0.25) is 0 Å². The van der Waals surface area contributed by atoms with Crippen LogP contribution < -0.4 is 10.1 Å².